The Morgan fingerprint density at radius 1 is 1.10 bits per heavy atom. The molecule has 7 nitrogen and oxygen atoms in total. The van der Waals surface area contributed by atoms with Gasteiger partial charge in [0.05, 0.1) is 12.8 Å². The molecule has 0 bridgehead atoms. The van der Waals surface area contributed by atoms with Gasteiger partial charge in [-0.15, -0.1) is 0 Å². The summed E-state index contributed by atoms with van der Waals surface area (Å²) < 4.78 is 16.8. The SMILES string of the molecule is COc1cc(-c2nc(SC)[nH]c(=O)c2C#N)ccc1OCCOc1ccccc1. The summed E-state index contributed by atoms with van der Waals surface area (Å²) in [5.74, 6) is 1.77. The van der Waals surface area contributed by atoms with Crippen molar-refractivity contribution >= 4 is 11.8 Å². The van der Waals surface area contributed by atoms with Crippen LogP contribution in [0.5, 0.6) is 17.2 Å². The molecule has 0 fully saturated rings. The van der Waals surface area contributed by atoms with Crippen molar-refractivity contribution < 1.29 is 14.2 Å². The Morgan fingerprint density at radius 2 is 1.86 bits per heavy atom. The Hall–Kier alpha value is -3.44. The molecule has 0 spiro atoms. The second kappa shape index (κ2) is 9.66. The number of thioether (sulfide) groups is 1. The first-order valence-electron chi connectivity index (χ1n) is 8.73. The summed E-state index contributed by atoms with van der Waals surface area (Å²) >= 11 is 1.29. The molecule has 0 aliphatic rings. The van der Waals surface area contributed by atoms with Crippen molar-refractivity contribution in [2.45, 2.75) is 5.16 Å². The maximum absolute atomic E-state index is 12.1. The molecule has 8 heteroatoms. The van der Waals surface area contributed by atoms with E-state index >= 15 is 0 Å². The zero-order valence-electron chi connectivity index (χ0n) is 16.0. The first-order valence-corrected chi connectivity index (χ1v) is 9.96. The molecule has 1 aromatic heterocycles. The number of aromatic nitrogens is 2. The average Bonchev–Trinajstić information content (AvgIpc) is 2.76. The lowest BCUT2D eigenvalue weighted by molar-refractivity contribution is 0.211. The topological polar surface area (TPSA) is 97.2 Å². The fourth-order valence-electron chi connectivity index (χ4n) is 2.62. The van der Waals surface area contributed by atoms with E-state index in [-0.39, 0.29) is 5.56 Å². The Kier molecular flexibility index (Phi) is 6.76. The van der Waals surface area contributed by atoms with E-state index in [0.717, 1.165) is 5.75 Å². The van der Waals surface area contributed by atoms with Gasteiger partial charge in [0, 0.05) is 5.56 Å². The summed E-state index contributed by atoms with van der Waals surface area (Å²) in [7, 11) is 1.52. The number of H-pyrrole nitrogens is 1. The van der Waals surface area contributed by atoms with Gasteiger partial charge in [0.15, 0.2) is 16.7 Å². The van der Waals surface area contributed by atoms with Gasteiger partial charge in [-0.25, -0.2) is 4.98 Å². The molecule has 0 saturated heterocycles. The predicted molar refractivity (Wildman–Crippen MR) is 111 cm³/mol. The van der Waals surface area contributed by atoms with E-state index in [1.165, 1.54) is 18.9 Å². The molecule has 0 unspecified atom stereocenters. The van der Waals surface area contributed by atoms with Crippen molar-refractivity contribution in [3.8, 4) is 34.6 Å². The van der Waals surface area contributed by atoms with Gasteiger partial charge in [-0.1, -0.05) is 30.0 Å². The standard InChI is InChI=1S/C21H19N3O4S/c1-26-18-12-14(19-16(13-22)20(25)24-21(23-19)29-2)8-9-17(18)28-11-10-27-15-6-4-3-5-7-15/h3-9,12H,10-11H2,1-2H3,(H,23,24,25). The number of benzene rings is 2. The van der Waals surface area contributed by atoms with Crippen LogP contribution >= 0.6 is 11.8 Å². The van der Waals surface area contributed by atoms with Gasteiger partial charge in [0.2, 0.25) is 0 Å². The zero-order valence-corrected chi connectivity index (χ0v) is 16.8. The number of nitriles is 1. The van der Waals surface area contributed by atoms with E-state index in [0.29, 0.717) is 41.1 Å². The van der Waals surface area contributed by atoms with Crippen molar-refractivity contribution in [1.82, 2.24) is 9.97 Å². The van der Waals surface area contributed by atoms with E-state index in [2.05, 4.69) is 9.97 Å². The van der Waals surface area contributed by atoms with Gasteiger partial charge in [-0.2, -0.15) is 5.26 Å². The first kappa shape index (κ1) is 20.3. The normalized spacial score (nSPS) is 10.2. The van der Waals surface area contributed by atoms with E-state index in [1.807, 2.05) is 36.4 Å². The number of aromatic amines is 1. The van der Waals surface area contributed by atoms with Crippen LogP contribution in [-0.4, -0.2) is 36.5 Å². The molecule has 2 aromatic carbocycles. The van der Waals surface area contributed by atoms with E-state index < -0.39 is 5.56 Å². The summed E-state index contributed by atoms with van der Waals surface area (Å²) in [6.07, 6.45) is 1.79. The van der Waals surface area contributed by atoms with Crippen molar-refractivity contribution in [1.29, 1.82) is 5.26 Å². The Morgan fingerprint density at radius 3 is 2.55 bits per heavy atom. The van der Waals surface area contributed by atoms with Crippen LogP contribution in [0.1, 0.15) is 5.56 Å². The minimum Gasteiger partial charge on any atom is -0.493 e. The van der Waals surface area contributed by atoms with E-state index in [4.69, 9.17) is 14.2 Å². The number of rotatable bonds is 8. The fourth-order valence-corrected chi connectivity index (χ4v) is 3.00. The highest BCUT2D eigenvalue weighted by molar-refractivity contribution is 7.98. The van der Waals surface area contributed by atoms with Gasteiger partial charge in [0.1, 0.15) is 30.6 Å². The molecule has 0 atom stereocenters. The summed E-state index contributed by atoms with van der Waals surface area (Å²) in [6, 6.07) is 16.5. The number of ether oxygens (including phenoxy) is 3. The maximum Gasteiger partial charge on any atom is 0.270 e. The third kappa shape index (κ3) is 4.89. The average molecular weight is 409 g/mol. The number of nitrogens with one attached hydrogen (secondary N) is 1. The molecule has 1 N–H and O–H groups in total. The molecule has 0 amide bonds. The molecular formula is C21H19N3O4S. The van der Waals surface area contributed by atoms with Gasteiger partial charge in [-0.3, -0.25) is 4.79 Å². The monoisotopic (exact) mass is 409 g/mol. The summed E-state index contributed by atoms with van der Waals surface area (Å²) in [6.45, 7) is 0.703. The Balaban J connectivity index is 1.78. The van der Waals surface area contributed by atoms with Crippen LogP contribution in [0.4, 0.5) is 0 Å². The quantitative estimate of drug-likeness (QED) is 0.345. The number of para-hydroxylation sites is 1. The van der Waals surface area contributed by atoms with Crippen LogP contribution in [0.15, 0.2) is 58.5 Å². The van der Waals surface area contributed by atoms with E-state index in [9.17, 15) is 10.1 Å². The fraction of sp³-hybridized carbons (Fsp3) is 0.190. The lowest BCUT2D eigenvalue weighted by Crippen LogP contribution is -2.14. The van der Waals surface area contributed by atoms with Crippen LogP contribution in [0, 0.1) is 11.3 Å². The van der Waals surface area contributed by atoms with Crippen LogP contribution < -0.4 is 19.8 Å². The van der Waals surface area contributed by atoms with Crippen LogP contribution in [0.3, 0.4) is 0 Å². The van der Waals surface area contributed by atoms with Gasteiger partial charge in [0.25, 0.3) is 5.56 Å². The number of hydrogen-bond donors (Lipinski definition) is 1. The van der Waals surface area contributed by atoms with Crippen molar-refractivity contribution in [3.05, 3.63) is 64.4 Å². The summed E-state index contributed by atoms with van der Waals surface area (Å²) in [5, 5.41) is 9.79. The highest BCUT2D eigenvalue weighted by Crippen LogP contribution is 2.33. The Bertz CT molecular complexity index is 1080. The lowest BCUT2D eigenvalue weighted by atomic mass is 10.1. The van der Waals surface area contributed by atoms with Crippen LogP contribution in [0.25, 0.3) is 11.3 Å². The zero-order chi connectivity index (χ0) is 20.6. The largest absolute Gasteiger partial charge is 0.493 e. The van der Waals surface area contributed by atoms with E-state index in [1.54, 1.807) is 24.5 Å². The Labute approximate surface area is 172 Å². The van der Waals surface area contributed by atoms with Gasteiger partial charge < -0.3 is 19.2 Å². The molecule has 148 valence electrons. The number of hydrogen-bond acceptors (Lipinski definition) is 7. The molecule has 3 aromatic rings. The molecular weight excluding hydrogens is 390 g/mol. The molecule has 0 radical (unpaired) electrons. The molecule has 0 saturated carbocycles. The lowest BCUT2D eigenvalue weighted by Gasteiger charge is -2.13. The van der Waals surface area contributed by atoms with Crippen molar-refractivity contribution in [2.24, 2.45) is 0 Å². The third-order valence-corrected chi connectivity index (χ3v) is 4.57. The second-order valence-corrected chi connectivity index (χ2v) is 6.58. The third-order valence-electron chi connectivity index (χ3n) is 3.99. The summed E-state index contributed by atoms with van der Waals surface area (Å²) in [5.41, 5.74) is 0.375. The predicted octanol–water partition coefficient (Wildman–Crippen LogP) is 3.50. The minimum absolute atomic E-state index is 0.0465. The number of methoxy groups -OCH3 is 1. The highest BCUT2D eigenvalue weighted by atomic mass is 32.2. The highest BCUT2D eigenvalue weighted by Gasteiger charge is 2.15. The maximum atomic E-state index is 12.1. The van der Waals surface area contributed by atoms with Crippen LogP contribution in [0.2, 0.25) is 0 Å². The van der Waals surface area contributed by atoms with Crippen molar-refractivity contribution in [2.75, 3.05) is 26.6 Å². The second-order valence-electron chi connectivity index (χ2n) is 5.79. The molecule has 29 heavy (non-hydrogen) atoms. The smallest absolute Gasteiger partial charge is 0.270 e. The molecule has 0 aliphatic carbocycles. The molecule has 3 rings (SSSR count). The summed E-state index contributed by atoms with van der Waals surface area (Å²) in [4.78, 5) is 19.1. The first-order chi connectivity index (χ1) is 14.2. The van der Waals surface area contributed by atoms with Crippen molar-refractivity contribution in [3.63, 3.8) is 0 Å². The van der Waals surface area contributed by atoms with Gasteiger partial charge >= 0.3 is 0 Å². The molecule has 0 aliphatic heterocycles. The van der Waals surface area contributed by atoms with Crippen LogP contribution in [-0.2, 0) is 0 Å². The van der Waals surface area contributed by atoms with Gasteiger partial charge in [-0.05, 0) is 36.6 Å². The number of nitrogens with zero attached hydrogens (tertiary/aromatic N) is 2. The molecule has 1 heterocycles. The minimum atomic E-state index is -0.473.